The molecule has 1 fully saturated rings. The number of aromatic nitrogens is 3. The molecule has 7 heteroatoms. The van der Waals surface area contributed by atoms with Crippen molar-refractivity contribution in [3.05, 3.63) is 0 Å². The Hall–Kier alpha value is -1.63. The summed E-state index contributed by atoms with van der Waals surface area (Å²) in [6.45, 7) is 5.43. The first-order valence-electron chi connectivity index (χ1n) is 6.93. The lowest BCUT2D eigenvalue weighted by atomic mass is 10.4. The summed E-state index contributed by atoms with van der Waals surface area (Å²) in [6.07, 6.45) is 3.38. The minimum atomic E-state index is 0.0580. The van der Waals surface area contributed by atoms with Crippen molar-refractivity contribution in [2.24, 2.45) is 0 Å². The Bertz CT molecular complexity index is 368. The van der Waals surface area contributed by atoms with Crippen LogP contribution in [0.25, 0.3) is 0 Å². The zero-order chi connectivity index (χ0) is 13.5. The van der Waals surface area contributed by atoms with E-state index in [-0.39, 0.29) is 6.61 Å². The second-order valence-corrected chi connectivity index (χ2v) is 4.55. The van der Waals surface area contributed by atoms with Gasteiger partial charge in [0.25, 0.3) is 0 Å². The summed E-state index contributed by atoms with van der Waals surface area (Å²) in [4.78, 5) is 15.3. The van der Waals surface area contributed by atoms with Gasteiger partial charge in [-0.1, -0.05) is 6.92 Å². The van der Waals surface area contributed by atoms with Crippen LogP contribution in [-0.4, -0.2) is 52.8 Å². The van der Waals surface area contributed by atoms with Crippen LogP contribution in [0.2, 0.25) is 0 Å². The van der Waals surface area contributed by atoms with E-state index in [2.05, 4.69) is 37.4 Å². The van der Waals surface area contributed by atoms with Crippen LogP contribution in [0.4, 0.5) is 17.8 Å². The van der Waals surface area contributed by atoms with Crippen molar-refractivity contribution in [2.45, 2.75) is 26.2 Å². The Kier molecular flexibility index (Phi) is 5.14. The second kappa shape index (κ2) is 7.08. The average molecular weight is 266 g/mol. The Labute approximate surface area is 113 Å². The zero-order valence-corrected chi connectivity index (χ0v) is 11.4. The number of rotatable bonds is 7. The second-order valence-electron chi connectivity index (χ2n) is 4.55. The summed E-state index contributed by atoms with van der Waals surface area (Å²) in [5, 5.41) is 15.0. The van der Waals surface area contributed by atoms with Crippen molar-refractivity contribution < 1.29 is 5.11 Å². The van der Waals surface area contributed by atoms with Gasteiger partial charge in [-0.2, -0.15) is 15.0 Å². The van der Waals surface area contributed by atoms with Gasteiger partial charge in [-0.25, -0.2) is 0 Å². The van der Waals surface area contributed by atoms with Crippen LogP contribution in [-0.2, 0) is 0 Å². The molecule has 2 heterocycles. The molecule has 0 unspecified atom stereocenters. The van der Waals surface area contributed by atoms with Crippen molar-refractivity contribution >= 4 is 17.8 Å². The van der Waals surface area contributed by atoms with Crippen molar-refractivity contribution in [3.63, 3.8) is 0 Å². The summed E-state index contributed by atoms with van der Waals surface area (Å²) < 4.78 is 0. The molecular weight excluding hydrogens is 244 g/mol. The van der Waals surface area contributed by atoms with Crippen molar-refractivity contribution in [1.82, 2.24) is 15.0 Å². The van der Waals surface area contributed by atoms with Gasteiger partial charge >= 0.3 is 0 Å². The molecule has 7 nitrogen and oxygen atoms in total. The quantitative estimate of drug-likeness (QED) is 0.669. The van der Waals surface area contributed by atoms with Gasteiger partial charge in [-0.3, -0.25) is 0 Å². The Balaban J connectivity index is 2.14. The fraction of sp³-hybridized carbons (Fsp3) is 0.750. The SMILES string of the molecule is CCCNc1nc(NCCO)nc(N2CCCC2)n1. The molecule has 1 aliphatic rings. The van der Waals surface area contributed by atoms with Crippen LogP contribution in [0.3, 0.4) is 0 Å². The highest BCUT2D eigenvalue weighted by Gasteiger charge is 2.17. The molecule has 0 atom stereocenters. The number of nitrogens with one attached hydrogen (secondary N) is 2. The van der Waals surface area contributed by atoms with Gasteiger partial charge < -0.3 is 20.6 Å². The molecule has 19 heavy (non-hydrogen) atoms. The maximum atomic E-state index is 8.86. The van der Waals surface area contributed by atoms with Crippen molar-refractivity contribution in [1.29, 1.82) is 0 Å². The molecular formula is C12H22N6O. The maximum absolute atomic E-state index is 8.86. The third-order valence-electron chi connectivity index (χ3n) is 2.94. The number of hydrogen-bond donors (Lipinski definition) is 3. The number of aliphatic hydroxyl groups excluding tert-OH is 1. The molecule has 0 radical (unpaired) electrons. The Morgan fingerprint density at radius 1 is 1.05 bits per heavy atom. The van der Waals surface area contributed by atoms with Gasteiger partial charge in [0.2, 0.25) is 17.8 Å². The van der Waals surface area contributed by atoms with Crippen LogP contribution in [0, 0.1) is 0 Å². The van der Waals surface area contributed by atoms with Gasteiger partial charge in [-0.05, 0) is 19.3 Å². The summed E-state index contributed by atoms with van der Waals surface area (Å²) in [6, 6.07) is 0. The highest BCUT2D eigenvalue weighted by atomic mass is 16.3. The number of nitrogens with zero attached hydrogens (tertiary/aromatic N) is 4. The highest BCUT2D eigenvalue weighted by Crippen LogP contribution is 2.18. The molecule has 0 aromatic carbocycles. The van der Waals surface area contributed by atoms with Crippen LogP contribution < -0.4 is 15.5 Å². The highest BCUT2D eigenvalue weighted by molar-refractivity contribution is 5.44. The summed E-state index contributed by atoms with van der Waals surface area (Å²) >= 11 is 0. The molecule has 3 N–H and O–H groups in total. The Morgan fingerprint density at radius 3 is 2.26 bits per heavy atom. The van der Waals surface area contributed by atoms with E-state index in [1.54, 1.807) is 0 Å². The van der Waals surface area contributed by atoms with Gasteiger partial charge in [0.05, 0.1) is 6.61 Å². The maximum Gasteiger partial charge on any atom is 0.231 e. The van der Waals surface area contributed by atoms with Crippen LogP contribution in [0.5, 0.6) is 0 Å². The van der Waals surface area contributed by atoms with Gasteiger partial charge in [0, 0.05) is 26.2 Å². The number of anilines is 3. The fourth-order valence-electron chi connectivity index (χ4n) is 1.99. The Morgan fingerprint density at radius 2 is 1.68 bits per heavy atom. The number of aliphatic hydroxyl groups is 1. The van der Waals surface area contributed by atoms with E-state index >= 15 is 0 Å². The molecule has 1 aliphatic heterocycles. The first kappa shape index (κ1) is 13.8. The zero-order valence-electron chi connectivity index (χ0n) is 11.4. The van der Waals surface area contributed by atoms with Gasteiger partial charge in [-0.15, -0.1) is 0 Å². The molecule has 106 valence electrons. The molecule has 0 spiro atoms. The minimum absolute atomic E-state index is 0.0580. The third-order valence-corrected chi connectivity index (χ3v) is 2.94. The molecule has 0 aliphatic carbocycles. The average Bonchev–Trinajstić information content (AvgIpc) is 2.97. The van der Waals surface area contributed by atoms with E-state index in [1.807, 2.05) is 0 Å². The minimum Gasteiger partial charge on any atom is -0.395 e. The monoisotopic (exact) mass is 266 g/mol. The summed E-state index contributed by atoms with van der Waals surface area (Å²) in [7, 11) is 0. The van der Waals surface area contributed by atoms with Crippen molar-refractivity contribution in [3.8, 4) is 0 Å². The fourth-order valence-corrected chi connectivity index (χ4v) is 1.99. The largest absolute Gasteiger partial charge is 0.395 e. The predicted molar refractivity (Wildman–Crippen MR) is 75.6 cm³/mol. The number of hydrogen-bond acceptors (Lipinski definition) is 7. The van der Waals surface area contributed by atoms with E-state index in [9.17, 15) is 0 Å². The smallest absolute Gasteiger partial charge is 0.231 e. The molecule has 1 aromatic heterocycles. The lowest BCUT2D eigenvalue weighted by Crippen LogP contribution is -2.23. The summed E-state index contributed by atoms with van der Waals surface area (Å²) in [5.41, 5.74) is 0. The third kappa shape index (κ3) is 3.92. The standard InChI is InChI=1S/C12H22N6O/c1-2-5-13-10-15-11(14-6-9-19)17-12(16-10)18-7-3-4-8-18/h19H,2-9H2,1H3,(H2,13,14,15,16,17). The predicted octanol–water partition coefficient (Wildman–Crippen LogP) is 0.698. The van der Waals surface area contributed by atoms with Crippen LogP contribution >= 0.6 is 0 Å². The topological polar surface area (TPSA) is 86.2 Å². The van der Waals surface area contributed by atoms with Gasteiger partial charge in [0.1, 0.15) is 0 Å². The first-order chi connectivity index (χ1) is 9.33. The molecule has 1 saturated heterocycles. The van der Waals surface area contributed by atoms with Gasteiger partial charge in [0.15, 0.2) is 0 Å². The first-order valence-corrected chi connectivity index (χ1v) is 6.93. The normalized spacial score (nSPS) is 14.7. The van der Waals surface area contributed by atoms with E-state index in [1.165, 1.54) is 12.8 Å². The molecule has 1 aromatic rings. The van der Waals surface area contributed by atoms with Crippen molar-refractivity contribution in [2.75, 3.05) is 48.3 Å². The van der Waals surface area contributed by atoms with E-state index in [0.717, 1.165) is 26.1 Å². The molecule has 0 saturated carbocycles. The summed E-state index contributed by atoms with van der Waals surface area (Å²) in [5.74, 6) is 1.83. The molecule has 0 bridgehead atoms. The van der Waals surface area contributed by atoms with Crippen LogP contribution in [0.1, 0.15) is 26.2 Å². The van der Waals surface area contributed by atoms with E-state index < -0.39 is 0 Å². The van der Waals surface area contributed by atoms with E-state index in [4.69, 9.17) is 5.11 Å². The van der Waals surface area contributed by atoms with E-state index in [0.29, 0.717) is 24.4 Å². The molecule has 2 rings (SSSR count). The lowest BCUT2D eigenvalue weighted by Gasteiger charge is -2.17. The lowest BCUT2D eigenvalue weighted by molar-refractivity contribution is 0.311. The molecule has 0 amide bonds. The van der Waals surface area contributed by atoms with Crippen LogP contribution in [0.15, 0.2) is 0 Å².